The zero-order valence-corrected chi connectivity index (χ0v) is 20.0. The standard InChI is InChI=1S/C27H39N3O2/c1-17(31)19-4-5-20-6-7-21-22-8-9-24(25(32)16-30-15-18(13-28)14-29-30)26(22,2)11-10-23(21)27(20,3)12-19/h14-15,17,19-24,31H,4-12,16H2,1-3H3/t17?,19?,20-,21+,22+,23+,24-,26+,27+/m1/s1. The summed E-state index contributed by atoms with van der Waals surface area (Å²) in [6.07, 6.45) is 13.9. The van der Waals surface area contributed by atoms with Gasteiger partial charge in [0.1, 0.15) is 6.07 Å². The Morgan fingerprint density at radius 2 is 1.94 bits per heavy atom. The van der Waals surface area contributed by atoms with Crippen molar-refractivity contribution in [2.75, 3.05) is 0 Å². The van der Waals surface area contributed by atoms with E-state index in [1.165, 1.54) is 44.9 Å². The first-order valence-electron chi connectivity index (χ1n) is 12.9. The highest BCUT2D eigenvalue weighted by atomic mass is 16.3. The van der Waals surface area contributed by atoms with Crippen LogP contribution in [0.1, 0.15) is 84.1 Å². The van der Waals surface area contributed by atoms with Gasteiger partial charge < -0.3 is 5.11 Å². The van der Waals surface area contributed by atoms with Gasteiger partial charge >= 0.3 is 0 Å². The Labute approximate surface area is 192 Å². The molecule has 1 heterocycles. The second kappa shape index (κ2) is 7.97. The number of aliphatic hydroxyl groups excluding tert-OH is 1. The molecule has 9 atom stereocenters. The van der Waals surface area contributed by atoms with Crippen molar-refractivity contribution in [1.82, 2.24) is 9.78 Å². The van der Waals surface area contributed by atoms with E-state index < -0.39 is 0 Å². The van der Waals surface area contributed by atoms with E-state index in [-0.39, 0.29) is 17.4 Å². The minimum atomic E-state index is -0.195. The molecule has 0 bridgehead atoms. The van der Waals surface area contributed by atoms with E-state index in [9.17, 15) is 9.90 Å². The van der Waals surface area contributed by atoms with Gasteiger partial charge in [0.25, 0.3) is 0 Å². The van der Waals surface area contributed by atoms with Crippen LogP contribution in [-0.2, 0) is 11.3 Å². The second-order valence-corrected chi connectivity index (χ2v) is 12.1. The average Bonchev–Trinajstić information content (AvgIpc) is 3.36. The third-order valence-electron chi connectivity index (χ3n) is 10.8. The summed E-state index contributed by atoms with van der Waals surface area (Å²) in [6, 6.07) is 2.10. The minimum absolute atomic E-state index is 0.102. The molecule has 0 amide bonds. The maximum atomic E-state index is 13.4. The third kappa shape index (κ3) is 3.36. The smallest absolute Gasteiger partial charge is 0.157 e. The molecule has 4 fully saturated rings. The zero-order chi connectivity index (χ0) is 22.7. The molecule has 0 spiro atoms. The summed E-state index contributed by atoms with van der Waals surface area (Å²) in [6.45, 7) is 7.23. The summed E-state index contributed by atoms with van der Waals surface area (Å²) in [4.78, 5) is 13.4. The van der Waals surface area contributed by atoms with Crippen LogP contribution in [0.4, 0.5) is 0 Å². The van der Waals surface area contributed by atoms with Crippen LogP contribution in [0.5, 0.6) is 0 Å². The van der Waals surface area contributed by atoms with E-state index in [0.29, 0.717) is 35.1 Å². The third-order valence-corrected chi connectivity index (χ3v) is 10.8. The Morgan fingerprint density at radius 1 is 1.19 bits per heavy atom. The van der Waals surface area contributed by atoms with Crippen molar-refractivity contribution in [3.63, 3.8) is 0 Å². The summed E-state index contributed by atoms with van der Waals surface area (Å²) in [7, 11) is 0. The molecule has 4 saturated carbocycles. The van der Waals surface area contributed by atoms with Crippen molar-refractivity contribution in [2.24, 2.45) is 46.3 Å². The lowest BCUT2D eigenvalue weighted by Gasteiger charge is -2.61. The van der Waals surface area contributed by atoms with E-state index >= 15 is 0 Å². The molecule has 0 aliphatic heterocycles. The topological polar surface area (TPSA) is 78.9 Å². The molecule has 4 aliphatic rings. The first-order valence-corrected chi connectivity index (χ1v) is 12.9. The number of hydrogen-bond donors (Lipinski definition) is 1. The Balaban J connectivity index is 1.34. The number of aliphatic hydroxyl groups is 1. The van der Waals surface area contributed by atoms with Crippen molar-refractivity contribution >= 4 is 5.78 Å². The first kappa shape index (κ1) is 22.1. The molecule has 0 saturated heterocycles. The number of rotatable bonds is 4. The van der Waals surface area contributed by atoms with Crippen molar-refractivity contribution in [1.29, 1.82) is 5.26 Å². The van der Waals surface area contributed by atoms with Gasteiger partial charge in [-0.1, -0.05) is 13.8 Å². The number of carbonyl (C=O) groups is 1. The predicted molar refractivity (Wildman–Crippen MR) is 122 cm³/mol. The monoisotopic (exact) mass is 437 g/mol. The molecule has 0 aromatic carbocycles. The normalized spacial score (nSPS) is 44.1. The van der Waals surface area contributed by atoms with Gasteiger partial charge in [-0.25, -0.2) is 0 Å². The highest BCUT2D eigenvalue weighted by Gasteiger charge is 2.61. The number of nitriles is 1. The molecular weight excluding hydrogens is 398 g/mol. The fourth-order valence-corrected chi connectivity index (χ4v) is 9.13. The number of aromatic nitrogens is 2. The summed E-state index contributed by atoms with van der Waals surface area (Å²) < 4.78 is 1.65. The molecule has 1 aromatic heterocycles. The van der Waals surface area contributed by atoms with E-state index in [1.807, 2.05) is 6.92 Å². The van der Waals surface area contributed by atoms with E-state index in [4.69, 9.17) is 5.26 Å². The average molecular weight is 438 g/mol. The summed E-state index contributed by atoms with van der Waals surface area (Å²) in [5.41, 5.74) is 0.974. The van der Waals surface area contributed by atoms with E-state index in [2.05, 4.69) is 25.0 Å². The van der Waals surface area contributed by atoms with Gasteiger partial charge in [-0.05, 0) is 105 Å². The molecule has 5 nitrogen and oxygen atoms in total. The second-order valence-electron chi connectivity index (χ2n) is 12.1. The fraction of sp³-hybridized carbons (Fsp3) is 0.815. The SMILES string of the molecule is CC(O)C1CC[C@@H]2CC[C@@H]3[C@H](CC[C@]4(C)[C@@H](C(=O)Cn5cc(C#N)cn5)CC[C@@H]34)[C@@]2(C)C1. The van der Waals surface area contributed by atoms with Crippen LogP contribution in [-0.4, -0.2) is 26.8 Å². The number of Topliss-reactive ketones (excluding diaryl/α,β-unsaturated/α-hetero) is 1. The molecule has 174 valence electrons. The van der Waals surface area contributed by atoms with Gasteiger partial charge in [0.2, 0.25) is 0 Å². The van der Waals surface area contributed by atoms with Gasteiger partial charge in [-0.2, -0.15) is 10.4 Å². The Morgan fingerprint density at radius 3 is 2.66 bits per heavy atom. The maximum absolute atomic E-state index is 13.4. The van der Waals surface area contributed by atoms with Crippen LogP contribution in [0.3, 0.4) is 0 Å². The van der Waals surface area contributed by atoms with E-state index in [1.54, 1.807) is 17.1 Å². The zero-order valence-electron chi connectivity index (χ0n) is 20.0. The van der Waals surface area contributed by atoms with E-state index in [0.717, 1.165) is 30.6 Å². The first-order chi connectivity index (χ1) is 15.3. The van der Waals surface area contributed by atoms with Crippen LogP contribution in [0.25, 0.3) is 0 Å². The molecule has 5 rings (SSSR count). The van der Waals surface area contributed by atoms with Crippen LogP contribution < -0.4 is 0 Å². The largest absolute Gasteiger partial charge is 0.393 e. The van der Waals surface area contributed by atoms with Crippen LogP contribution in [0, 0.1) is 57.7 Å². The molecule has 0 radical (unpaired) electrons. The van der Waals surface area contributed by atoms with Crippen molar-refractivity contribution in [3.05, 3.63) is 18.0 Å². The number of carbonyl (C=O) groups excluding carboxylic acids is 1. The quantitative estimate of drug-likeness (QED) is 0.720. The minimum Gasteiger partial charge on any atom is -0.393 e. The van der Waals surface area contributed by atoms with Crippen molar-refractivity contribution < 1.29 is 9.90 Å². The molecule has 4 aliphatic carbocycles. The van der Waals surface area contributed by atoms with Gasteiger partial charge in [0.15, 0.2) is 5.78 Å². The number of nitrogens with zero attached hydrogens (tertiary/aromatic N) is 3. The highest BCUT2D eigenvalue weighted by molar-refractivity contribution is 5.82. The van der Waals surface area contributed by atoms with Gasteiger partial charge in [-0.3, -0.25) is 9.48 Å². The molecule has 5 heteroatoms. The van der Waals surface area contributed by atoms with Gasteiger partial charge in [-0.15, -0.1) is 0 Å². The molecule has 1 aromatic rings. The Kier molecular flexibility index (Phi) is 5.52. The molecule has 32 heavy (non-hydrogen) atoms. The lowest BCUT2D eigenvalue weighted by atomic mass is 9.44. The van der Waals surface area contributed by atoms with Gasteiger partial charge in [0.05, 0.1) is 24.4 Å². The lowest BCUT2D eigenvalue weighted by Crippen LogP contribution is -2.54. The Hall–Kier alpha value is -1.67. The molecule has 2 unspecified atom stereocenters. The molecular formula is C27H39N3O2. The maximum Gasteiger partial charge on any atom is 0.157 e. The van der Waals surface area contributed by atoms with Crippen molar-refractivity contribution in [3.8, 4) is 6.07 Å². The Bertz CT molecular complexity index is 916. The summed E-state index contributed by atoms with van der Waals surface area (Å²) >= 11 is 0. The van der Waals surface area contributed by atoms with Gasteiger partial charge in [0, 0.05) is 12.1 Å². The van der Waals surface area contributed by atoms with Crippen LogP contribution >= 0.6 is 0 Å². The predicted octanol–water partition coefficient (Wildman–Crippen LogP) is 4.98. The number of ketones is 1. The highest BCUT2D eigenvalue weighted by Crippen LogP contribution is 2.68. The van der Waals surface area contributed by atoms with Crippen LogP contribution in [0.2, 0.25) is 0 Å². The summed E-state index contributed by atoms with van der Waals surface area (Å²) in [5.74, 6) is 3.81. The summed E-state index contributed by atoms with van der Waals surface area (Å²) in [5, 5.41) is 23.6. The number of fused-ring (bicyclic) bond motifs is 5. The fourth-order valence-electron chi connectivity index (χ4n) is 9.13. The van der Waals surface area contributed by atoms with Crippen LogP contribution in [0.15, 0.2) is 12.4 Å². The van der Waals surface area contributed by atoms with Crippen molar-refractivity contribution in [2.45, 2.75) is 91.2 Å². The molecule has 1 N–H and O–H groups in total. The lowest BCUT2D eigenvalue weighted by molar-refractivity contribution is -0.141. The number of hydrogen-bond acceptors (Lipinski definition) is 4.